The van der Waals surface area contributed by atoms with E-state index >= 15 is 0 Å². The number of anilines is 1. The Kier molecular flexibility index (Phi) is 6.33. The van der Waals surface area contributed by atoms with Gasteiger partial charge in [-0.05, 0) is 53.6 Å². The van der Waals surface area contributed by atoms with E-state index in [9.17, 15) is 27.6 Å². The molecule has 7 nitrogen and oxygen atoms in total. The average molecular weight is 583 g/mol. The summed E-state index contributed by atoms with van der Waals surface area (Å²) in [6, 6.07) is 13.0. The van der Waals surface area contributed by atoms with Crippen LogP contribution in [0, 0.1) is 11.8 Å². The van der Waals surface area contributed by atoms with E-state index in [1.54, 1.807) is 29.3 Å². The minimum Gasteiger partial charge on any atom is -0.493 e. The molecule has 11 heteroatoms. The molecule has 0 aromatic heterocycles. The van der Waals surface area contributed by atoms with E-state index in [-0.39, 0.29) is 11.3 Å². The number of ether oxygens (including phenoxy) is 2. The van der Waals surface area contributed by atoms with Gasteiger partial charge in [0.15, 0.2) is 17.3 Å². The summed E-state index contributed by atoms with van der Waals surface area (Å²) in [7, 11) is 2.89. The lowest BCUT2D eigenvalue weighted by Crippen LogP contribution is -2.44. The van der Waals surface area contributed by atoms with Crippen LogP contribution in [0.1, 0.15) is 33.1 Å². The van der Waals surface area contributed by atoms with Crippen LogP contribution in [0.5, 0.6) is 11.5 Å². The molecular formula is C30H22ClF3N2O5. The third-order valence-electron chi connectivity index (χ3n) is 7.91. The van der Waals surface area contributed by atoms with Crippen molar-refractivity contribution in [3.63, 3.8) is 0 Å². The fourth-order valence-corrected chi connectivity index (χ4v) is 6.37. The summed E-state index contributed by atoms with van der Waals surface area (Å²) in [5.74, 6) is -3.35. The van der Waals surface area contributed by atoms with Crippen molar-refractivity contribution >= 4 is 41.0 Å². The molecule has 3 aromatic rings. The van der Waals surface area contributed by atoms with Crippen LogP contribution >= 0.6 is 11.6 Å². The summed E-state index contributed by atoms with van der Waals surface area (Å²) < 4.78 is 51.6. The number of Topliss-reactive ketones (excluding diaryl/α,β-unsaturated/α-hetero) is 1. The number of hydrogen-bond acceptors (Lipinski definition) is 6. The van der Waals surface area contributed by atoms with Gasteiger partial charge < -0.3 is 14.4 Å². The summed E-state index contributed by atoms with van der Waals surface area (Å²) in [6.07, 6.45) is -1.29. The first-order chi connectivity index (χ1) is 19.6. The zero-order valence-electron chi connectivity index (χ0n) is 21.7. The van der Waals surface area contributed by atoms with E-state index < -0.39 is 58.3 Å². The molecule has 3 aliphatic heterocycles. The van der Waals surface area contributed by atoms with Crippen LogP contribution in [-0.2, 0) is 15.8 Å². The lowest BCUT2D eigenvalue weighted by atomic mass is 9.83. The molecule has 0 spiro atoms. The number of hydrogen-bond donors (Lipinski definition) is 0. The molecule has 210 valence electrons. The third kappa shape index (κ3) is 4.08. The Labute approximate surface area is 237 Å². The Morgan fingerprint density at radius 2 is 1.61 bits per heavy atom. The van der Waals surface area contributed by atoms with Gasteiger partial charge in [-0.3, -0.25) is 14.4 Å². The Balaban J connectivity index is 1.48. The number of nitrogens with zero attached hydrogens (tertiary/aromatic N) is 2. The average Bonchev–Trinajstić information content (AvgIpc) is 3.44. The Morgan fingerprint density at radius 1 is 0.902 bits per heavy atom. The summed E-state index contributed by atoms with van der Waals surface area (Å²) in [5.41, 5.74) is 0.359. The molecule has 2 fully saturated rings. The SMILES string of the molecule is COc1ccc(C(=O)[C@@H]2[C@@H]3C(=O)N(c4ccc(Cl)c(C(F)(F)F)c4)C(=O)[C@H]3[C@@H]3c4ccccc4C=CN23)cc1OC. The van der Waals surface area contributed by atoms with Gasteiger partial charge in [-0.1, -0.05) is 35.9 Å². The van der Waals surface area contributed by atoms with Crippen molar-refractivity contribution in [2.24, 2.45) is 11.8 Å². The van der Waals surface area contributed by atoms with Crippen molar-refractivity contribution in [1.29, 1.82) is 0 Å². The van der Waals surface area contributed by atoms with Gasteiger partial charge in [0.1, 0.15) is 6.04 Å². The summed E-state index contributed by atoms with van der Waals surface area (Å²) in [6.45, 7) is 0. The topological polar surface area (TPSA) is 76.2 Å². The molecule has 6 rings (SSSR count). The summed E-state index contributed by atoms with van der Waals surface area (Å²) in [5, 5.41) is -0.556. The molecule has 0 bridgehead atoms. The second-order valence-corrected chi connectivity index (χ2v) is 10.3. The van der Waals surface area contributed by atoms with E-state index in [1.165, 1.54) is 26.4 Å². The fourth-order valence-electron chi connectivity index (χ4n) is 6.14. The second kappa shape index (κ2) is 9.66. The number of ketones is 1. The predicted molar refractivity (Wildman–Crippen MR) is 144 cm³/mol. The molecule has 3 heterocycles. The van der Waals surface area contributed by atoms with Gasteiger partial charge >= 0.3 is 6.18 Å². The number of rotatable bonds is 5. The monoisotopic (exact) mass is 582 g/mol. The number of alkyl halides is 3. The zero-order valence-corrected chi connectivity index (χ0v) is 22.4. The van der Waals surface area contributed by atoms with E-state index in [0.717, 1.165) is 22.1 Å². The summed E-state index contributed by atoms with van der Waals surface area (Å²) in [4.78, 5) is 44.6. The molecular weight excluding hydrogens is 561 g/mol. The van der Waals surface area contributed by atoms with Crippen LogP contribution in [0.4, 0.5) is 18.9 Å². The van der Waals surface area contributed by atoms with E-state index in [2.05, 4.69) is 0 Å². The first-order valence-electron chi connectivity index (χ1n) is 12.6. The van der Waals surface area contributed by atoms with Crippen LogP contribution in [0.15, 0.2) is 66.9 Å². The van der Waals surface area contributed by atoms with Crippen LogP contribution < -0.4 is 14.4 Å². The Morgan fingerprint density at radius 3 is 2.32 bits per heavy atom. The fraction of sp³-hybridized carbons (Fsp3) is 0.233. The molecule has 0 radical (unpaired) electrons. The van der Waals surface area contributed by atoms with E-state index in [4.69, 9.17) is 21.1 Å². The number of methoxy groups -OCH3 is 2. The molecule has 2 amide bonds. The third-order valence-corrected chi connectivity index (χ3v) is 8.24. The number of amides is 2. The Hall–Kier alpha value is -4.31. The van der Waals surface area contributed by atoms with Crippen LogP contribution in [-0.4, -0.2) is 42.8 Å². The van der Waals surface area contributed by atoms with Gasteiger partial charge in [-0.2, -0.15) is 13.2 Å². The number of benzene rings is 3. The predicted octanol–water partition coefficient (Wildman–Crippen LogP) is 5.77. The highest BCUT2D eigenvalue weighted by Gasteiger charge is 2.64. The van der Waals surface area contributed by atoms with Crippen LogP contribution in [0.2, 0.25) is 5.02 Å². The maximum absolute atomic E-state index is 14.1. The van der Waals surface area contributed by atoms with Gasteiger partial charge in [-0.15, -0.1) is 0 Å². The van der Waals surface area contributed by atoms with E-state index in [1.807, 2.05) is 24.3 Å². The first kappa shape index (κ1) is 26.9. The minimum atomic E-state index is -4.80. The highest BCUT2D eigenvalue weighted by molar-refractivity contribution is 6.32. The zero-order chi connectivity index (χ0) is 29.2. The quantitative estimate of drug-likeness (QED) is 0.281. The van der Waals surface area contributed by atoms with Gasteiger partial charge in [0.05, 0.1) is 48.4 Å². The molecule has 0 saturated carbocycles. The summed E-state index contributed by atoms with van der Waals surface area (Å²) >= 11 is 5.80. The van der Waals surface area contributed by atoms with Crippen LogP contribution in [0.3, 0.4) is 0 Å². The molecule has 0 N–H and O–H groups in total. The molecule has 41 heavy (non-hydrogen) atoms. The molecule has 3 aliphatic rings. The minimum absolute atomic E-state index is 0.226. The maximum atomic E-state index is 14.1. The van der Waals surface area contributed by atoms with Gasteiger partial charge in [0.25, 0.3) is 0 Å². The van der Waals surface area contributed by atoms with Crippen molar-refractivity contribution in [2.75, 3.05) is 19.1 Å². The van der Waals surface area contributed by atoms with Crippen molar-refractivity contribution in [3.8, 4) is 11.5 Å². The van der Waals surface area contributed by atoms with Gasteiger partial charge in [-0.25, -0.2) is 4.90 Å². The largest absolute Gasteiger partial charge is 0.493 e. The standard InChI is InChI=1S/C30H22ClF3N2O5/c1-40-21-10-7-16(13-22(21)41-2)27(37)26-24-23(25-18-6-4-3-5-15(18)11-12-35(25)26)28(38)36(29(24)39)17-8-9-20(31)19(14-17)30(32,33)34/h3-14,23-26H,1-2H3/t23-,24-,25+,26+/m1/s1. The van der Waals surface area contributed by atoms with E-state index in [0.29, 0.717) is 17.6 Å². The van der Waals surface area contributed by atoms with Crippen molar-refractivity contribution < 1.29 is 37.0 Å². The maximum Gasteiger partial charge on any atom is 0.417 e. The number of carbonyl (C=O) groups is 3. The van der Waals surface area contributed by atoms with Gasteiger partial charge in [0.2, 0.25) is 11.8 Å². The van der Waals surface area contributed by atoms with Crippen molar-refractivity contribution in [1.82, 2.24) is 4.90 Å². The molecule has 0 aliphatic carbocycles. The van der Waals surface area contributed by atoms with Crippen LogP contribution in [0.25, 0.3) is 6.08 Å². The second-order valence-electron chi connectivity index (χ2n) is 9.94. The highest BCUT2D eigenvalue weighted by Crippen LogP contribution is 2.54. The van der Waals surface area contributed by atoms with Crippen molar-refractivity contribution in [3.05, 3.63) is 94.1 Å². The van der Waals surface area contributed by atoms with Crippen molar-refractivity contribution in [2.45, 2.75) is 18.3 Å². The first-order valence-corrected chi connectivity index (χ1v) is 13.0. The highest BCUT2D eigenvalue weighted by atomic mass is 35.5. The molecule has 0 unspecified atom stereocenters. The number of fused-ring (bicyclic) bond motifs is 5. The normalized spacial score (nSPS) is 22.9. The Bertz CT molecular complexity index is 1640. The molecule has 2 saturated heterocycles. The smallest absolute Gasteiger partial charge is 0.417 e. The number of imide groups is 1. The lowest BCUT2D eigenvalue weighted by Gasteiger charge is -2.35. The molecule has 3 aromatic carbocycles. The van der Waals surface area contributed by atoms with Gasteiger partial charge in [0, 0.05) is 11.8 Å². The lowest BCUT2D eigenvalue weighted by molar-refractivity contribution is -0.137. The number of halogens is 4. The molecule has 4 atom stereocenters. The number of carbonyl (C=O) groups excluding carboxylic acids is 3.